The third kappa shape index (κ3) is 4.16. The van der Waals surface area contributed by atoms with Crippen LogP contribution in [0.25, 0.3) is 0 Å². The second-order valence-electron chi connectivity index (χ2n) is 3.18. The van der Waals surface area contributed by atoms with E-state index in [-0.39, 0.29) is 5.91 Å². The van der Waals surface area contributed by atoms with E-state index in [1.165, 1.54) is 6.07 Å². The molecule has 6 heteroatoms. The molecule has 0 aliphatic carbocycles. The highest BCUT2D eigenvalue weighted by atomic mass is 32.2. The summed E-state index contributed by atoms with van der Waals surface area (Å²) in [6, 6.07) is 5.62. The van der Waals surface area contributed by atoms with Crippen molar-refractivity contribution in [3.63, 3.8) is 0 Å². The molecule has 3 N–H and O–H groups in total. The van der Waals surface area contributed by atoms with Crippen LogP contribution in [0.4, 0.5) is 14.5 Å². The van der Waals surface area contributed by atoms with Gasteiger partial charge in [-0.1, -0.05) is 17.8 Å². The van der Waals surface area contributed by atoms with E-state index < -0.39 is 11.8 Å². The molecule has 88 valence electrons. The maximum Gasteiger partial charge on any atom is 0.288 e. The Balaban J connectivity index is 2.71. The summed E-state index contributed by atoms with van der Waals surface area (Å²) in [4.78, 5) is 11.7. The molecular weight excluding hydrogens is 234 g/mol. The van der Waals surface area contributed by atoms with Crippen LogP contribution in [-0.2, 0) is 4.79 Å². The van der Waals surface area contributed by atoms with Crippen molar-refractivity contribution in [1.82, 2.24) is 0 Å². The van der Waals surface area contributed by atoms with Crippen LogP contribution in [0.5, 0.6) is 0 Å². The van der Waals surface area contributed by atoms with Crippen molar-refractivity contribution in [2.75, 3.05) is 5.32 Å². The Morgan fingerprint density at radius 3 is 2.75 bits per heavy atom. The van der Waals surface area contributed by atoms with Gasteiger partial charge in [0.15, 0.2) is 0 Å². The zero-order valence-corrected chi connectivity index (χ0v) is 9.43. The minimum absolute atomic E-state index is 0.348. The lowest BCUT2D eigenvalue weighted by molar-refractivity contribution is -0.117. The maximum absolute atomic E-state index is 12.1. The molecular formula is C10H12F2N2OS. The monoisotopic (exact) mass is 246 g/mol. The molecule has 0 heterocycles. The van der Waals surface area contributed by atoms with Crippen molar-refractivity contribution in [2.45, 2.75) is 23.6 Å². The van der Waals surface area contributed by atoms with Crippen LogP contribution in [0.3, 0.4) is 0 Å². The summed E-state index contributed by atoms with van der Waals surface area (Å²) in [7, 11) is 0. The van der Waals surface area contributed by atoms with Crippen molar-refractivity contribution in [3.8, 4) is 0 Å². The first-order valence-corrected chi connectivity index (χ1v) is 5.48. The molecule has 1 aromatic rings. The lowest BCUT2D eigenvalue weighted by Crippen LogP contribution is -2.32. The molecule has 0 saturated heterocycles. The third-order valence-corrected chi connectivity index (χ3v) is 2.44. The second-order valence-corrected chi connectivity index (χ2v) is 4.25. The Morgan fingerprint density at radius 1 is 1.50 bits per heavy atom. The zero-order chi connectivity index (χ0) is 12.1. The van der Waals surface area contributed by atoms with Crippen LogP contribution in [0, 0.1) is 0 Å². The zero-order valence-electron chi connectivity index (χ0n) is 8.61. The molecule has 0 aliphatic heterocycles. The first kappa shape index (κ1) is 12.9. The minimum atomic E-state index is -2.47. The number of carbonyl (C=O) groups excluding carboxylic acids is 1. The van der Waals surface area contributed by atoms with Crippen molar-refractivity contribution >= 4 is 23.4 Å². The quantitative estimate of drug-likeness (QED) is 0.801. The number of anilines is 1. The van der Waals surface area contributed by atoms with Gasteiger partial charge >= 0.3 is 0 Å². The fraction of sp³-hybridized carbons (Fsp3) is 0.300. The van der Waals surface area contributed by atoms with Crippen molar-refractivity contribution in [3.05, 3.63) is 24.3 Å². The van der Waals surface area contributed by atoms with E-state index in [0.717, 1.165) is 0 Å². The molecule has 0 saturated carbocycles. The average molecular weight is 246 g/mol. The molecule has 0 bridgehead atoms. The summed E-state index contributed by atoms with van der Waals surface area (Å²) in [6.45, 7) is 1.55. The van der Waals surface area contributed by atoms with Gasteiger partial charge in [0.05, 0.1) is 6.04 Å². The number of alkyl halides is 2. The molecule has 0 unspecified atom stereocenters. The number of thioether (sulfide) groups is 1. The molecule has 1 atom stereocenters. The number of hydrogen-bond donors (Lipinski definition) is 2. The maximum atomic E-state index is 12.1. The number of benzene rings is 1. The van der Waals surface area contributed by atoms with Gasteiger partial charge in [-0.05, 0) is 25.1 Å². The van der Waals surface area contributed by atoms with Crippen LogP contribution in [0.15, 0.2) is 29.2 Å². The van der Waals surface area contributed by atoms with E-state index in [2.05, 4.69) is 5.32 Å². The predicted molar refractivity (Wildman–Crippen MR) is 60.6 cm³/mol. The lowest BCUT2D eigenvalue weighted by atomic mass is 10.3. The van der Waals surface area contributed by atoms with Crippen molar-refractivity contribution in [2.24, 2.45) is 5.73 Å². The van der Waals surface area contributed by atoms with Gasteiger partial charge in [-0.3, -0.25) is 4.79 Å². The molecule has 0 aromatic heterocycles. The van der Waals surface area contributed by atoms with Gasteiger partial charge in [-0.2, -0.15) is 8.78 Å². The molecule has 0 spiro atoms. The summed E-state index contributed by atoms with van der Waals surface area (Å²) in [5.41, 5.74) is 5.83. The van der Waals surface area contributed by atoms with E-state index in [4.69, 9.17) is 5.73 Å². The molecule has 0 fully saturated rings. The Morgan fingerprint density at radius 2 is 2.19 bits per heavy atom. The topological polar surface area (TPSA) is 55.1 Å². The Bertz CT molecular complexity index is 372. The number of hydrogen-bond acceptors (Lipinski definition) is 3. The van der Waals surface area contributed by atoms with Crippen LogP contribution in [0.1, 0.15) is 6.92 Å². The molecule has 1 rings (SSSR count). The summed E-state index contributed by atoms with van der Waals surface area (Å²) >= 11 is 0.432. The fourth-order valence-corrected chi connectivity index (χ4v) is 1.56. The van der Waals surface area contributed by atoms with Gasteiger partial charge in [-0.15, -0.1) is 0 Å². The molecule has 3 nitrogen and oxygen atoms in total. The summed E-state index contributed by atoms with van der Waals surface area (Å²) in [5.74, 6) is -2.82. The number of nitrogens with one attached hydrogen (secondary N) is 1. The highest BCUT2D eigenvalue weighted by Gasteiger charge is 2.09. The first-order valence-electron chi connectivity index (χ1n) is 4.60. The van der Waals surface area contributed by atoms with Gasteiger partial charge in [-0.25, -0.2) is 0 Å². The summed E-state index contributed by atoms with van der Waals surface area (Å²) < 4.78 is 24.2. The largest absolute Gasteiger partial charge is 0.325 e. The molecule has 16 heavy (non-hydrogen) atoms. The standard InChI is InChI=1S/C10H12F2N2OS/c1-6(13)9(15)14-7-3-2-4-8(5-7)16-10(11)12/h2-6,10H,13H2,1H3,(H,14,15)/t6-/m1/s1. The molecule has 1 aromatic carbocycles. The van der Waals surface area contributed by atoms with Crippen LogP contribution in [-0.4, -0.2) is 17.7 Å². The molecule has 0 radical (unpaired) electrons. The highest BCUT2D eigenvalue weighted by molar-refractivity contribution is 7.99. The van der Waals surface area contributed by atoms with Gasteiger partial charge in [0.1, 0.15) is 0 Å². The van der Waals surface area contributed by atoms with Gasteiger partial charge < -0.3 is 11.1 Å². The Kier molecular flexibility index (Phi) is 4.70. The van der Waals surface area contributed by atoms with Gasteiger partial charge in [0.25, 0.3) is 5.76 Å². The second kappa shape index (κ2) is 5.81. The van der Waals surface area contributed by atoms with Crippen molar-refractivity contribution < 1.29 is 13.6 Å². The summed E-state index contributed by atoms with van der Waals surface area (Å²) in [5, 5.41) is 2.53. The number of carbonyl (C=O) groups is 1. The molecule has 1 amide bonds. The number of nitrogens with two attached hydrogens (primary N) is 1. The highest BCUT2D eigenvalue weighted by Crippen LogP contribution is 2.27. The smallest absolute Gasteiger partial charge is 0.288 e. The Hall–Kier alpha value is -1.14. The van der Waals surface area contributed by atoms with Crippen LogP contribution < -0.4 is 11.1 Å². The average Bonchev–Trinajstić information content (AvgIpc) is 2.16. The van der Waals surface area contributed by atoms with Gasteiger partial charge in [0, 0.05) is 10.6 Å². The van der Waals surface area contributed by atoms with E-state index >= 15 is 0 Å². The third-order valence-electron chi connectivity index (χ3n) is 1.74. The first-order chi connectivity index (χ1) is 7.49. The number of amides is 1. The van der Waals surface area contributed by atoms with Crippen LogP contribution >= 0.6 is 11.8 Å². The van der Waals surface area contributed by atoms with Crippen LogP contribution in [0.2, 0.25) is 0 Å². The normalized spacial score (nSPS) is 12.6. The van der Waals surface area contributed by atoms with E-state index in [1.807, 2.05) is 0 Å². The minimum Gasteiger partial charge on any atom is -0.325 e. The van der Waals surface area contributed by atoms with Crippen molar-refractivity contribution in [1.29, 1.82) is 0 Å². The van der Waals surface area contributed by atoms with E-state index in [0.29, 0.717) is 22.3 Å². The summed E-state index contributed by atoms with van der Waals surface area (Å²) in [6.07, 6.45) is 0. The SMILES string of the molecule is C[C@@H](N)C(=O)Nc1cccc(SC(F)F)c1. The predicted octanol–water partition coefficient (Wildman–Crippen LogP) is 2.29. The van der Waals surface area contributed by atoms with E-state index in [1.54, 1.807) is 25.1 Å². The van der Waals surface area contributed by atoms with Gasteiger partial charge in [0.2, 0.25) is 5.91 Å². The fourth-order valence-electron chi connectivity index (χ4n) is 1.01. The number of halogens is 2. The molecule has 0 aliphatic rings. The lowest BCUT2D eigenvalue weighted by Gasteiger charge is -2.08. The Labute approximate surface area is 96.4 Å². The number of rotatable bonds is 4. The van der Waals surface area contributed by atoms with E-state index in [9.17, 15) is 13.6 Å².